The Morgan fingerprint density at radius 3 is 2.93 bits per heavy atom. The van der Waals surface area contributed by atoms with Crippen molar-refractivity contribution >= 4 is 5.91 Å². The standard InChI is InChI=1S/C11H21NO2/c1-9-4-3-7-12(8-9)11(14)6-5-10(2)13/h9-10,13H,3-8H2,1-2H3. The van der Waals surface area contributed by atoms with Crippen LogP contribution in [0.2, 0.25) is 0 Å². The molecule has 0 radical (unpaired) electrons. The van der Waals surface area contributed by atoms with Gasteiger partial charge in [-0.25, -0.2) is 0 Å². The van der Waals surface area contributed by atoms with E-state index in [4.69, 9.17) is 5.11 Å². The first-order chi connectivity index (χ1) is 6.59. The van der Waals surface area contributed by atoms with Crippen LogP contribution in [0.25, 0.3) is 0 Å². The van der Waals surface area contributed by atoms with Gasteiger partial charge in [0.05, 0.1) is 6.10 Å². The second kappa shape index (κ2) is 5.35. The third-order valence-corrected chi connectivity index (χ3v) is 2.79. The Morgan fingerprint density at radius 2 is 2.36 bits per heavy atom. The van der Waals surface area contributed by atoms with Gasteiger partial charge >= 0.3 is 0 Å². The highest BCUT2D eigenvalue weighted by Crippen LogP contribution is 2.16. The smallest absolute Gasteiger partial charge is 0.222 e. The van der Waals surface area contributed by atoms with Gasteiger partial charge in [-0.15, -0.1) is 0 Å². The number of aliphatic hydroxyl groups is 1. The topological polar surface area (TPSA) is 40.5 Å². The van der Waals surface area contributed by atoms with Crippen LogP contribution in [0.1, 0.15) is 39.5 Å². The molecule has 0 bridgehead atoms. The van der Waals surface area contributed by atoms with Gasteiger partial charge in [-0.05, 0) is 32.1 Å². The number of piperidine rings is 1. The van der Waals surface area contributed by atoms with Gasteiger partial charge in [0, 0.05) is 19.5 Å². The van der Waals surface area contributed by atoms with Crippen LogP contribution in [0, 0.1) is 5.92 Å². The van der Waals surface area contributed by atoms with E-state index in [0.29, 0.717) is 18.8 Å². The Kier molecular flexibility index (Phi) is 4.39. The first-order valence-electron chi connectivity index (χ1n) is 5.55. The van der Waals surface area contributed by atoms with Gasteiger partial charge in [0.1, 0.15) is 0 Å². The number of amides is 1. The van der Waals surface area contributed by atoms with E-state index in [9.17, 15) is 4.79 Å². The van der Waals surface area contributed by atoms with Crippen molar-refractivity contribution in [3.8, 4) is 0 Å². The van der Waals surface area contributed by atoms with E-state index in [1.165, 1.54) is 6.42 Å². The molecule has 1 fully saturated rings. The van der Waals surface area contributed by atoms with Gasteiger partial charge in [0.25, 0.3) is 0 Å². The van der Waals surface area contributed by atoms with Crippen LogP contribution in [0.15, 0.2) is 0 Å². The van der Waals surface area contributed by atoms with E-state index in [1.54, 1.807) is 6.92 Å². The molecule has 1 aliphatic rings. The van der Waals surface area contributed by atoms with Crippen molar-refractivity contribution in [2.45, 2.75) is 45.6 Å². The first-order valence-corrected chi connectivity index (χ1v) is 5.55. The number of hydrogen-bond donors (Lipinski definition) is 1. The van der Waals surface area contributed by atoms with Gasteiger partial charge in [0.2, 0.25) is 5.91 Å². The zero-order valence-electron chi connectivity index (χ0n) is 9.20. The van der Waals surface area contributed by atoms with Gasteiger partial charge in [-0.2, -0.15) is 0 Å². The fourth-order valence-corrected chi connectivity index (χ4v) is 1.91. The Hall–Kier alpha value is -0.570. The number of carbonyl (C=O) groups excluding carboxylic acids is 1. The van der Waals surface area contributed by atoms with Gasteiger partial charge in [-0.3, -0.25) is 4.79 Å². The molecule has 82 valence electrons. The molecule has 2 atom stereocenters. The third-order valence-electron chi connectivity index (χ3n) is 2.79. The summed E-state index contributed by atoms with van der Waals surface area (Å²) < 4.78 is 0. The molecule has 0 spiro atoms. The molecule has 0 aromatic rings. The second-order valence-corrected chi connectivity index (χ2v) is 4.47. The second-order valence-electron chi connectivity index (χ2n) is 4.47. The maximum absolute atomic E-state index is 11.7. The minimum atomic E-state index is -0.360. The van der Waals surface area contributed by atoms with Crippen molar-refractivity contribution in [2.24, 2.45) is 5.92 Å². The normalized spacial score (nSPS) is 24.8. The molecule has 3 nitrogen and oxygen atoms in total. The fraction of sp³-hybridized carbons (Fsp3) is 0.909. The molecule has 1 rings (SSSR count). The van der Waals surface area contributed by atoms with Gasteiger partial charge < -0.3 is 10.0 Å². The predicted molar refractivity (Wildman–Crippen MR) is 55.9 cm³/mol. The van der Waals surface area contributed by atoms with Crippen LogP contribution in [0.3, 0.4) is 0 Å². The maximum atomic E-state index is 11.7. The quantitative estimate of drug-likeness (QED) is 0.746. The summed E-state index contributed by atoms with van der Waals surface area (Å²) in [6.45, 7) is 5.72. The zero-order valence-corrected chi connectivity index (χ0v) is 9.20. The average Bonchev–Trinajstić information content (AvgIpc) is 2.14. The number of hydrogen-bond acceptors (Lipinski definition) is 2. The molecule has 3 heteroatoms. The van der Waals surface area contributed by atoms with Crippen LogP contribution in [0.5, 0.6) is 0 Å². The molecule has 1 heterocycles. The minimum absolute atomic E-state index is 0.206. The van der Waals surface area contributed by atoms with Crippen LogP contribution < -0.4 is 0 Å². The zero-order chi connectivity index (χ0) is 10.6. The van der Waals surface area contributed by atoms with Gasteiger partial charge in [0.15, 0.2) is 0 Å². The van der Waals surface area contributed by atoms with E-state index < -0.39 is 0 Å². The summed E-state index contributed by atoms with van der Waals surface area (Å²) in [6.07, 6.45) is 3.08. The highest BCUT2D eigenvalue weighted by atomic mass is 16.3. The lowest BCUT2D eigenvalue weighted by molar-refractivity contribution is -0.133. The number of aliphatic hydroxyl groups excluding tert-OH is 1. The summed E-state index contributed by atoms with van der Waals surface area (Å²) in [7, 11) is 0. The Labute approximate surface area is 86.1 Å². The number of nitrogens with zero attached hydrogens (tertiary/aromatic N) is 1. The number of carbonyl (C=O) groups is 1. The molecular formula is C11H21NO2. The van der Waals surface area contributed by atoms with Crippen LogP contribution in [0.4, 0.5) is 0 Å². The lowest BCUT2D eigenvalue weighted by atomic mass is 10.00. The molecular weight excluding hydrogens is 178 g/mol. The minimum Gasteiger partial charge on any atom is -0.393 e. The number of rotatable bonds is 3. The molecule has 0 aromatic heterocycles. The van der Waals surface area contributed by atoms with E-state index >= 15 is 0 Å². The van der Waals surface area contributed by atoms with Gasteiger partial charge in [-0.1, -0.05) is 6.92 Å². The average molecular weight is 199 g/mol. The summed E-state index contributed by atoms with van der Waals surface area (Å²) in [5, 5.41) is 9.08. The van der Waals surface area contributed by atoms with E-state index in [0.717, 1.165) is 19.5 Å². The monoisotopic (exact) mass is 199 g/mol. The lowest BCUT2D eigenvalue weighted by Crippen LogP contribution is -2.39. The number of likely N-dealkylation sites (tertiary alicyclic amines) is 1. The van der Waals surface area contributed by atoms with Crippen molar-refractivity contribution in [1.29, 1.82) is 0 Å². The predicted octanol–water partition coefficient (Wildman–Crippen LogP) is 1.41. The molecule has 1 saturated heterocycles. The highest BCUT2D eigenvalue weighted by molar-refractivity contribution is 5.76. The third kappa shape index (κ3) is 3.66. The summed E-state index contributed by atoms with van der Waals surface area (Å²) in [6, 6.07) is 0. The Balaban J connectivity index is 2.29. The first kappa shape index (κ1) is 11.5. The molecule has 2 unspecified atom stereocenters. The van der Waals surface area contributed by atoms with E-state index in [2.05, 4.69) is 6.92 Å². The summed E-state index contributed by atoms with van der Waals surface area (Å²) in [4.78, 5) is 13.6. The molecule has 14 heavy (non-hydrogen) atoms. The maximum Gasteiger partial charge on any atom is 0.222 e. The van der Waals surface area contributed by atoms with Crippen LogP contribution >= 0.6 is 0 Å². The largest absolute Gasteiger partial charge is 0.393 e. The summed E-state index contributed by atoms with van der Waals surface area (Å²) in [5.41, 5.74) is 0. The molecule has 1 amide bonds. The molecule has 1 aliphatic heterocycles. The van der Waals surface area contributed by atoms with Crippen LogP contribution in [-0.2, 0) is 4.79 Å². The van der Waals surface area contributed by atoms with Crippen molar-refractivity contribution in [1.82, 2.24) is 4.90 Å². The molecule has 0 aliphatic carbocycles. The highest BCUT2D eigenvalue weighted by Gasteiger charge is 2.20. The van der Waals surface area contributed by atoms with E-state index in [1.807, 2.05) is 4.90 Å². The summed E-state index contributed by atoms with van der Waals surface area (Å²) in [5.74, 6) is 0.844. The Bertz CT molecular complexity index is 192. The molecule has 1 N–H and O–H groups in total. The van der Waals surface area contributed by atoms with Crippen molar-refractivity contribution < 1.29 is 9.90 Å². The lowest BCUT2D eigenvalue weighted by Gasteiger charge is -2.31. The fourth-order valence-electron chi connectivity index (χ4n) is 1.91. The van der Waals surface area contributed by atoms with Crippen LogP contribution in [-0.4, -0.2) is 35.1 Å². The SMILES string of the molecule is CC(O)CCC(=O)N1CCCC(C)C1. The molecule has 0 saturated carbocycles. The molecule has 0 aromatic carbocycles. The van der Waals surface area contributed by atoms with Crippen molar-refractivity contribution in [2.75, 3.05) is 13.1 Å². The van der Waals surface area contributed by atoms with Crippen molar-refractivity contribution in [3.05, 3.63) is 0 Å². The van der Waals surface area contributed by atoms with E-state index in [-0.39, 0.29) is 12.0 Å². The Morgan fingerprint density at radius 1 is 1.64 bits per heavy atom. The van der Waals surface area contributed by atoms with Crippen molar-refractivity contribution in [3.63, 3.8) is 0 Å². The summed E-state index contributed by atoms with van der Waals surface area (Å²) >= 11 is 0.